The Kier molecular flexibility index (Phi) is 5.71. The molecule has 9 heteroatoms. The highest BCUT2D eigenvalue weighted by molar-refractivity contribution is 7.91. The number of hydrogen-bond donors (Lipinski definition) is 0. The number of nitrogens with zero attached hydrogens (tertiary/aromatic N) is 1. The van der Waals surface area contributed by atoms with Gasteiger partial charge in [-0.3, -0.25) is 4.79 Å². The van der Waals surface area contributed by atoms with Crippen LogP contribution in [0.1, 0.15) is 16.8 Å². The lowest BCUT2D eigenvalue weighted by molar-refractivity contribution is -0.133. The van der Waals surface area contributed by atoms with Gasteiger partial charge in [0, 0.05) is 18.1 Å². The van der Waals surface area contributed by atoms with Gasteiger partial charge >= 0.3 is 5.97 Å². The van der Waals surface area contributed by atoms with E-state index in [0.29, 0.717) is 11.4 Å². The van der Waals surface area contributed by atoms with Gasteiger partial charge in [-0.05, 0) is 24.6 Å². The maximum absolute atomic E-state index is 12.2. The smallest absolute Gasteiger partial charge is 0.341 e. The zero-order valence-electron chi connectivity index (χ0n) is 13.3. The lowest BCUT2D eigenvalue weighted by Crippen LogP contribution is -2.40. The second-order valence-corrected chi connectivity index (χ2v) is 8.15. The Labute approximate surface area is 145 Å². The van der Waals surface area contributed by atoms with E-state index in [1.54, 1.807) is 0 Å². The van der Waals surface area contributed by atoms with Gasteiger partial charge in [0.25, 0.3) is 5.91 Å². The highest BCUT2D eigenvalue weighted by Gasteiger charge is 2.32. The minimum atomic E-state index is -3.08. The second kappa shape index (κ2) is 7.40. The molecule has 1 aliphatic heterocycles. The van der Waals surface area contributed by atoms with Gasteiger partial charge in [0.15, 0.2) is 16.4 Å². The van der Waals surface area contributed by atoms with Crippen LogP contribution < -0.4 is 4.74 Å². The number of halogens is 1. The molecule has 7 nitrogen and oxygen atoms in total. The number of amides is 1. The molecular formula is C15H18ClNO6S. The van der Waals surface area contributed by atoms with Crippen molar-refractivity contribution >= 4 is 33.3 Å². The Morgan fingerprint density at radius 3 is 2.67 bits per heavy atom. The molecular weight excluding hydrogens is 358 g/mol. The first-order valence-corrected chi connectivity index (χ1v) is 9.40. The van der Waals surface area contributed by atoms with E-state index in [1.807, 2.05) is 0 Å². The first kappa shape index (κ1) is 18.5. The Morgan fingerprint density at radius 1 is 1.38 bits per heavy atom. The fourth-order valence-corrected chi connectivity index (χ4v) is 4.36. The monoisotopic (exact) mass is 375 g/mol. The van der Waals surface area contributed by atoms with Crippen LogP contribution in [0.4, 0.5) is 0 Å². The predicted octanol–water partition coefficient (Wildman–Crippen LogP) is 1.15. The van der Waals surface area contributed by atoms with Gasteiger partial charge in [0.1, 0.15) is 11.3 Å². The van der Waals surface area contributed by atoms with Crippen molar-refractivity contribution in [1.29, 1.82) is 0 Å². The maximum Gasteiger partial charge on any atom is 0.341 e. The SMILES string of the molecule is COC(=O)c1ccc(Cl)cc1OCC(=O)N(C)C1CCS(=O)(=O)C1. The van der Waals surface area contributed by atoms with Crippen molar-refractivity contribution in [2.45, 2.75) is 12.5 Å². The number of carbonyl (C=O) groups is 2. The molecule has 1 aromatic rings. The number of hydrogen-bond acceptors (Lipinski definition) is 6. The summed E-state index contributed by atoms with van der Waals surface area (Å²) < 4.78 is 33.1. The van der Waals surface area contributed by atoms with Gasteiger partial charge in [-0.1, -0.05) is 11.6 Å². The summed E-state index contributed by atoms with van der Waals surface area (Å²) in [7, 11) is -0.307. The summed E-state index contributed by atoms with van der Waals surface area (Å²) >= 11 is 5.88. The van der Waals surface area contributed by atoms with Gasteiger partial charge in [0.2, 0.25) is 0 Å². The molecule has 1 unspecified atom stereocenters. The van der Waals surface area contributed by atoms with E-state index in [-0.39, 0.29) is 41.4 Å². The van der Waals surface area contributed by atoms with E-state index < -0.39 is 15.8 Å². The number of carbonyl (C=O) groups excluding carboxylic acids is 2. The summed E-state index contributed by atoms with van der Waals surface area (Å²) in [6, 6.07) is 4.02. The predicted molar refractivity (Wildman–Crippen MR) is 88.1 cm³/mol. The largest absolute Gasteiger partial charge is 0.483 e. The zero-order chi connectivity index (χ0) is 17.9. The quantitative estimate of drug-likeness (QED) is 0.717. The molecule has 0 aliphatic carbocycles. The molecule has 0 aromatic heterocycles. The van der Waals surface area contributed by atoms with Gasteiger partial charge in [-0.15, -0.1) is 0 Å². The van der Waals surface area contributed by atoms with Crippen LogP contribution in [-0.2, 0) is 19.4 Å². The molecule has 0 bridgehead atoms. The summed E-state index contributed by atoms with van der Waals surface area (Å²) in [6.07, 6.45) is 0.412. The number of benzene rings is 1. The molecule has 0 N–H and O–H groups in total. The third-order valence-corrected chi connectivity index (χ3v) is 5.84. The summed E-state index contributed by atoms with van der Waals surface area (Å²) in [5, 5.41) is 0.348. The lowest BCUT2D eigenvalue weighted by atomic mass is 10.2. The summed E-state index contributed by atoms with van der Waals surface area (Å²) in [6.45, 7) is -0.336. The van der Waals surface area contributed by atoms with E-state index in [1.165, 1.54) is 37.3 Å². The first-order chi connectivity index (χ1) is 11.2. The van der Waals surface area contributed by atoms with Gasteiger partial charge in [-0.25, -0.2) is 13.2 Å². The highest BCUT2D eigenvalue weighted by atomic mass is 35.5. The number of ether oxygens (including phenoxy) is 2. The minimum absolute atomic E-state index is 0.0418. The molecule has 0 spiro atoms. The number of likely N-dealkylation sites (N-methyl/N-ethyl adjacent to an activating group) is 1. The van der Waals surface area contributed by atoms with E-state index in [9.17, 15) is 18.0 Å². The minimum Gasteiger partial charge on any atom is -0.483 e. The van der Waals surface area contributed by atoms with Gasteiger partial charge < -0.3 is 14.4 Å². The van der Waals surface area contributed by atoms with Gasteiger partial charge in [0.05, 0.1) is 18.6 Å². The van der Waals surface area contributed by atoms with Crippen molar-refractivity contribution in [2.24, 2.45) is 0 Å². The van der Waals surface area contributed by atoms with Gasteiger partial charge in [-0.2, -0.15) is 0 Å². The molecule has 1 amide bonds. The molecule has 132 valence electrons. The van der Waals surface area contributed by atoms with Crippen molar-refractivity contribution in [2.75, 3.05) is 32.3 Å². The standard InChI is InChI=1S/C15H18ClNO6S/c1-17(11-5-6-24(20,21)9-11)14(18)8-23-13-7-10(16)3-4-12(13)15(19)22-2/h3-4,7,11H,5-6,8-9H2,1-2H3. The highest BCUT2D eigenvalue weighted by Crippen LogP contribution is 2.24. The van der Waals surface area contributed by atoms with Crippen LogP contribution >= 0.6 is 11.6 Å². The normalized spacial score (nSPS) is 18.9. The van der Waals surface area contributed by atoms with Crippen molar-refractivity contribution in [3.63, 3.8) is 0 Å². The Bertz CT molecular complexity index is 748. The average Bonchev–Trinajstić information content (AvgIpc) is 2.91. The number of sulfone groups is 1. The van der Waals surface area contributed by atoms with Crippen LogP contribution in [0.25, 0.3) is 0 Å². The molecule has 0 saturated carbocycles. The van der Waals surface area contributed by atoms with E-state index in [2.05, 4.69) is 4.74 Å². The lowest BCUT2D eigenvalue weighted by Gasteiger charge is -2.23. The van der Waals surface area contributed by atoms with Crippen molar-refractivity contribution < 1.29 is 27.5 Å². The van der Waals surface area contributed by atoms with E-state index in [4.69, 9.17) is 16.3 Å². The first-order valence-electron chi connectivity index (χ1n) is 7.20. The number of esters is 1. The average molecular weight is 376 g/mol. The molecule has 1 aliphatic rings. The summed E-state index contributed by atoms with van der Waals surface area (Å²) in [5.74, 6) is -0.816. The van der Waals surface area contributed by atoms with Crippen molar-refractivity contribution in [1.82, 2.24) is 4.90 Å². The molecule has 1 aromatic carbocycles. The molecule has 24 heavy (non-hydrogen) atoms. The van der Waals surface area contributed by atoms with E-state index in [0.717, 1.165) is 0 Å². The number of rotatable bonds is 5. The topological polar surface area (TPSA) is 90.0 Å². The number of methoxy groups -OCH3 is 1. The Balaban J connectivity index is 2.04. The van der Waals surface area contributed by atoms with E-state index >= 15 is 0 Å². The van der Waals surface area contributed by atoms with Crippen LogP contribution in [0, 0.1) is 0 Å². The summed E-state index contributed by atoms with van der Waals surface area (Å²) in [5.41, 5.74) is 0.154. The summed E-state index contributed by atoms with van der Waals surface area (Å²) in [4.78, 5) is 25.3. The molecule has 2 rings (SSSR count). The fraction of sp³-hybridized carbons (Fsp3) is 0.467. The molecule has 1 heterocycles. The fourth-order valence-electron chi connectivity index (χ4n) is 2.42. The zero-order valence-corrected chi connectivity index (χ0v) is 14.9. The Morgan fingerprint density at radius 2 is 2.08 bits per heavy atom. The van der Waals surface area contributed by atoms with Crippen LogP contribution in [0.2, 0.25) is 5.02 Å². The van der Waals surface area contributed by atoms with Crippen LogP contribution in [0.15, 0.2) is 18.2 Å². The van der Waals surface area contributed by atoms with Crippen LogP contribution in [0.5, 0.6) is 5.75 Å². The molecule has 1 atom stereocenters. The second-order valence-electron chi connectivity index (χ2n) is 5.48. The van der Waals surface area contributed by atoms with Crippen molar-refractivity contribution in [3.8, 4) is 5.75 Å². The van der Waals surface area contributed by atoms with Crippen molar-refractivity contribution in [3.05, 3.63) is 28.8 Å². The molecule has 0 radical (unpaired) electrons. The van der Waals surface area contributed by atoms with Crippen LogP contribution in [0.3, 0.4) is 0 Å². The maximum atomic E-state index is 12.2. The Hall–Kier alpha value is -1.80. The molecule has 1 fully saturated rings. The third kappa shape index (κ3) is 4.39. The van der Waals surface area contributed by atoms with Crippen LogP contribution in [-0.4, -0.2) is 63.5 Å². The third-order valence-electron chi connectivity index (χ3n) is 3.85. The molecule has 1 saturated heterocycles.